The van der Waals surface area contributed by atoms with Gasteiger partial charge >= 0.3 is 11.8 Å². The number of para-hydroxylation sites is 1. The molecule has 0 aliphatic carbocycles. The van der Waals surface area contributed by atoms with Crippen LogP contribution in [0, 0.1) is 0 Å². The summed E-state index contributed by atoms with van der Waals surface area (Å²) in [6, 6.07) is 24.0. The predicted octanol–water partition coefficient (Wildman–Crippen LogP) is 4.34. The summed E-state index contributed by atoms with van der Waals surface area (Å²) in [5.41, 5.74) is 3.12. The molecule has 0 saturated heterocycles. The van der Waals surface area contributed by atoms with Gasteiger partial charge in [-0.05, 0) is 48.0 Å². The molecular formula is C21H18ClN3O2. The van der Waals surface area contributed by atoms with Crippen LogP contribution in [0.15, 0.2) is 78.9 Å². The van der Waals surface area contributed by atoms with E-state index < -0.39 is 11.8 Å². The van der Waals surface area contributed by atoms with Gasteiger partial charge in [0.25, 0.3) is 0 Å². The summed E-state index contributed by atoms with van der Waals surface area (Å²) in [7, 11) is 0. The number of rotatable bonds is 5. The van der Waals surface area contributed by atoms with Crippen molar-refractivity contribution in [3.05, 3.63) is 89.4 Å². The van der Waals surface area contributed by atoms with E-state index in [0.29, 0.717) is 10.7 Å². The molecule has 0 unspecified atom stereocenters. The summed E-state index contributed by atoms with van der Waals surface area (Å²) in [5, 5.41) is 8.92. The van der Waals surface area contributed by atoms with Crippen LogP contribution in [0.5, 0.6) is 0 Å². The second-order valence-corrected chi connectivity index (χ2v) is 6.20. The molecule has 5 nitrogen and oxygen atoms in total. The third-order valence-corrected chi connectivity index (χ3v) is 4.18. The number of anilines is 3. The van der Waals surface area contributed by atoms with Gasteiger partial charge in [-0.3, -0.25) is 9.59 Å². The fourth-order valence-corrected chi connectivity index (χ4v) is 2.61. The molecule has 27 heavy (non-hydrogen) atoms. The van der Waals surface area contributed by atoms with Crippen LogP contribution in [0.2, 0.25) is 5.02 Å². The van der Waals surface area contributed by atoms with E-state index in [1.807, 2.05) is 48.5 Å². The first-order valence-corrected chi connectivity index (χ1v) is 8.74. The molecule has 0 spiro atoms. The summed E-state index contributed by atoms with van der Waals surface area (Å²) >= 11 is 6.03. The van der Waals surface area contributed by atoms with Gasteiger partial charge in [0, 0.05) is 28.6 Å². The van der Waals surface area contributed by atoms with E-state index in [1.165, 1.54) is 0 Å². The Bertz CT molecular complexity index is 928. The Morgan fingerprint density at radius 1 is 0.704 bits per heavy atom. The number of carbonyl (C=O) groups is 2. The highest BCUT2D eigenvalue weighted by atomic mass is 35.5. The average Bonchev–Trinajstić information content (AvgIpc) is 2.69. The van der Waals surface area contributed by atoms with Gasteiger partial charge in [0.2, 0.25) is 0 Å². The first-order valence-electron chi connectivity index (χ1n) is 8.36. The maximum atomic E-state index is 12.0. The van der Waals surface area contributed by atoms with Crippen molar-refractivity contribution in [3.8, 4) is 0 Å². The zero-order valence-corrected chi connectivity index (χ0v) is 15.2. The Hall–Kier alpha value is -3.31. The lowest BCUT2D eigenvalue weighted by atomic mass is 10.2. The quantitative estimate of drug-likeness (QED) is 0.577. The molecule has 0 fully saturated rings. The number of halogens is 1. The first kappa shape index (κ1) is 18.5. The zero-order chi connectivity index (χ0) is 19.1. The normalized spacial score (nSPS) is 10.1. The summed E-state index contributed by atoms with van der Waals surface area (Å²) < 4.78 is 0. The number of carbonyl (C=O) groups excluding carboxylic acids is 2. The zero-order valence-electron chi connectivity index (χ0n) is 14.4. The van der Waals surface area contributed by atoms with E-state index in [2.05, 4.69) is 16.0 Å². The van der Waals surface area contributed by atoms with Gasteiger partial charge in [0.1, 0.15) is 0 Å². The maximum Gasteiger partial charge on any atom is 0.313 e. The van der Waals surface area contributed by atoms with Crippen LogP contribution in [0.4, 0.5) is 17.1 Å². The number of benzene rings is 3. The second-order valence-electron chi connectivity index (χ2n) is 5.80. The maximum absolute atomic E-state index is 12.0. The fourth-order valence-electron chi connectivity index (χ4n) is 2.41. The van der Waals surface area contributed by atoms with Crippen LogP contribution in [0.1, 0.15) is 5.56 Å². The Morgan fingerprint density at radius 3 is 2.00 bits per heavy atom. The SMILES string of the molecule is O=C(NCc1ccccc1Cl)C(=O)Nc1ccc(Nc2ccccc2)cc1. The molecule has 0 saturated carbocycles. The van der Waals surface area contributed by atoms with E-state index in [9.17, 15) is 9.59 Å². The number of nitrogens with one attached hydrogen (secondary N) is 3. The van der Waals surface area contributed by atoms with E-state index in [-0.39, 0.29) is 6.54 Å². The third-order valence-electron chi connectivity index (χ3n) is 3.81. The minimum Gasteiger partial charge on any atom is -0.356 e. The monoisotopic (exact) mass is 379 g/mol. The van der Waals surface area contributed by atoms with Gasteiger partial charge in [0.15, 0.2) is 0 Å². The molecule has 3 aromatic carbocycles. The highest BCUT2D eigenvalue weighted by molar-refractivity contribution is 6.39. The molecule has 0 radical (unpaired) electrons. The molecule has 2 amide bonds. The van der Waals surface area contributed by atoms with Crippen molar-refractivity contribution < 1.29 is 9.59 Å². The number of hydrogen-bond acceptors (Lipinski definition) is 3. The Balaban J connectivity index is 1.52. The van der Waals surface area contributed by atoms with Gasteiger partial charge in [-0.2, -0.15) is 0 Å². The summed E-state index contributed by atoms with van der Waals surface area (Å²) in [6.45, 7) is 0.186. The Labute approximate surface area is 162 Å². The number of hydrogen-bond donors (Lipinski definition) is 3. The lowest BCUT2D eigenvalue weighted by molar-refractivity contribution is -0.136. The average molecular weight is 380 g/mol. The van der Waals surface area contributed by atoms with Crippen LogP contribution in [-0.4, -0.2) is 11.8 Å². The van der Waals surface area contributed by atoms with Crippen molar-refractivity contribution >= 4 is 40.5 Å². The van der Waals surface area contributed by atoms with Crippen molar-refractivity contribution in [1.29, 1.82) is 0 Å². The van der Waals surface area contributed by atoms with Crippen molar-refractivity contribution in [3.63, 3.8) is 0 Å². The minimum absolute atomic E-state index is 0.186. The van der Waals surface area contributed by atoms with Crippen molar-refractivity contribution in [2.75, 3.05) is 10.6 Å². The number of amides is 2. The Morgan fingerprint density at radius 2 is 1.30 bits per heavy atom. The molecule has 3 rings (SSSR count). The van der Waals surface area contributed by atoms with E-state index >= 15 is 0 Å². The molecule has 0 aliphatic heterocycles. The summed E-state index contributed by atoms with van der Waals surface area (Å²) in [6.07, 6.45) is 0. The molecular weight excluding hydrogens is 362 g/mol. The van der Waals surface area contributed by atoms with Crippen molar-refractivity contribution in [1.82, 2.24) is 5.32 Å². The lowest BCUT2D eigenvalue weighted by Crippen LogP contribution is -2.35. The fraction of sp³-hybridized carbons (Fsp3) is 0.0476. The van der Waals surface area contributed by atoms with Crippen LogP contribution >= 0.6 is 11.6 Å². The molecule has 0 aliphatic rings. The molecule has 136 valence electrons. The summed E-state index contributed by atoms with van der Waals surface area (Å²) in [4.78, 5) is 24.0. The molecule has 0 aromatic heterocycles. The largest absolute Gasteiger partial charge is 0.356 e. The van der Waals surface area contributed by atoms with Crippen LogP contribution in [-0.2, 0) is 16.1 Å². The third kappa shape index (κ3) is 5.33. The van der Waals surface area contributed by atoms with Gasteiger partial charge in [-0.25, -0.2) is 0 Å². The van der Waals surface area contributed by atoms with E-state index in [0.717, 1.165) is 16.9 Å². The van der Waals surface area contributed by atoms with Crippen LogP contribution in [0.3, 0.4) is 0 Å². The standard InChI is InChI=1S/C21H18ClN3O2/c22-19-9-5-4-6-15(19)14-23-20(26)21(27)25-18-12-10-17(11-13-18)24-16-7-2-1-3-8-16/h1-13,24H,14H2,(H,23,26)(H,25,27). The van der Waals surface area contributed by atoms with E-state index in [4.69, 9.17) is 11.6 Å². The molecule has 0 atom stereocenters. The summed E-state index contributed by atoms with van der Waals surface area (Å²) in [5.74, 6) is -1.45. The predicted molar refractivity (Wildman–Crippen MR) is 108 cm³/mol. The van der Waals surface area contributed by atoms with E-state index in [1.54, 1.807) is 30.3 Å². The first-order chi connectivity index (χ1) is 13.1. The highest BCUT2D eigenvalue weighted by Gasteiger charge is 2.13. The van der Waals surface area contributed by atoms with Crippen LogP contribution in [0.25, 0.3) is 0 Å². The molecule has 0 bridgehead atoms. The molecule has 6 heteroatoms. The highest BCUT2D eigenvalue weighted by Crippen LogP contribution is 2.18. The molecule has 3 aromatic rings. The minimum atomic E-state index is -0.731. The molecule has 0 heterocycles. The van der Waals surface area contributed by atoms with Gasteiger partial charge < -0.3 is 16.0 Å². The topological polar surface area (TPSA) is 70.2 Å². The second kappa shape index (κ2) is 8.87. The Kier molecular flexibility index (Phi) is 6.07. The van der Waals surface area contributed by atoms with Crippen molar-refractivity contribution in [2.24, 2.45) is 0 Å². The van der Waals surface area contributed by atoms with Crippen molar-refractivity contribution in [2.45, 2.75) is 6.54 Å². The lowest BCUT2D eigenvalue weighted by Gasteiger charge is -2.09. The van der Waals surface area contributed by atoms with Crippen LogP contribution < -0.4 is 16.0 Å². The smallest absolute Gasteiger partial charge is 0.313 e. The van der Waals surface area contributed by atoms with Gasteiger partial charge in [-0.15, -0.1) is 0 Å². The van der Waals surface area contributed by atoms with Gasteiger partial charge in [-0.1, -0.05) is 48.0 Å². The van der Waals surface area contributed by atoms with Gasteiger partial charge in [0.05, 0.1) is 0 Å². The molecule has 3 N–H and O–H groups in total.